The van der Waals surface area contributed by atoms with Crippen molar-refractivity contribution in [2.75, 3.05) is 19.7 Å². The van der Waals surface area contributed by atoms with Crippen molar-refractivity contribution in [3.63, 3.8) is 0 Å². The fourth-order valence-corrected chi connectivity index (χ4v) is 1.63. The first kappa shape index (κ1) is 15.7. The average Bonchev–Trinajstić information content (AvgIpc) is 2.45. The minimum Gasteiger partial charge on any atom is -0.484 e. The molecule has 0 radical (unpaired) electrons. The van der Waals surface area contributed by atoms with E-state index in [0.717, 1.165) is 0 Å². The monoisotopic (exact) mass is 273 g/mol. The predicted molar refractivity (Wildman–Crippen MR) is 78.9 cm³/mol. The lowest BCUT2D eigenvalue weighted by atomic mass is 10.1. The van der Waals surface area contributed by atoms with Crippen molar-refractivity contribution in [1.82, 2.24) is 4.90 Å². The largest absolute Gasteiger partial charge is 0.484 e. The van der Waals surface area contributed by atoms with Crippen molar-refractivity contribution in [2.24, 2.45) is 0 Å². The molecule has 0 saturated heterocycles. The molecule has 0 aliphatic heterocycles. The summed E-state index contributed by atoms with van der Waals surface area (Å²) in [6.07, 6.45) is 3.30. The highest BCUT2D eigenvalue weighted by atomic mass is 16.5. The number of rotatable bonds is 8. The van der Waals surface area contributed by atoms with Crippen LogP contribution in [0.2, 0.25) is 0 Å². The molecular formula is C16H19NO3. The van der Waals surface area contributed by atoms with Gasteiger partial charge < -0.3 is 9.64 Å². The maximum Gasteiger partial charge on any atom is 0.261 e. The van der Waals surface area contributed by atoms with Crippen LogP contribution in [-0.4, -0.2) is 36.3 Å². The van der Waals surface area contributed by atoms with Gasteiger partial charge in [-0.05, 0) is 19.1 Å². The number of Topliss-reactive ketones (excluding diaryl/α,β-unsaturated/α-hetero) is 1. The van der Waals surface area contributed by atoms with E-state index in [4.69, 9.17) is 4.74 Å². The zero-order valence-electron chi connectivity index (χ0n) is 11.7. The van der Waals surface area contributed by atoms with Gasteiger partial charge in [0, 0.05) is 18.7 Å². The smallest absolute Gasteiger partial charge is 0.261 e. The maximum atomic E-state index is 12.0. The molecule has 0 aliphatic rings. The number of carbonyl (C=O) groups excluding carboxylic acids is 2. The number of hydrogen-bond donors (Lipinski definition) is 0. The number of carbonyl (C=O) groups is 2. The SMILES string of the molecule is C=CCN(CC=C)C(=O)COc1cccc(C(C)=O)c1. The molecule has 0 saturated carbocycles. The van der Waals surface area contributed by atoms with Crippen LogP contribution in [0.1, 0.15) is 17.3 Å². The van der Waals surface area contributed by atoms with Crippen LogP contribution >= 0.6 is 0 Å². The van der Waals surface area contributed by atoms with E-state index in [0.29, 0.717) is 24.4 Å². The molecule has 0 heterocycles. The Hall–Kier alpha value is -2.36. The molecule has 0 bridgehead atoms. The van der Waals surface area contributed by atoms with E-state index in [1.165, 1.54) is 6.92 Å². The van der Waals surface area contributed by atoms with Gasteiger partial charge >= 0.3 is 0 Å². The van der Waals surface area contributed by atoms with Crippen molar-refractivity contribution < 1.29 is 14.3 Å². The number of benzene rings is 1. The first-order chi connectivity index (χ1) is 9.58. The van der Waals surface area contributed by atoms with E-state index >= 15 is 0 Å². The quantitative estimate of drug-likeness (QED) is 0.540. The molecule has 1 aromatic rings. The number of ketones is 1. The summed E-state index contributed by atoms with van der Waals surface area (Å²) in [5, 5.41) is 0. The van der Waals surface area contributed by atoms with Crippen molar-refractivity contribution in [3.8, 4) is 5.75 Å². The average molecular weight is 273 g/mol. The Bertz CT molecular complexity index is 498. The van der Waals surface area contributed by atoms with E-state index in [2.05, 4.69) is 13.2 Å². The topological polar surface area (TPSA) is 46.6 Å². The Labute approximate surface area is 119 Å². The molecule has 0 aromatic heterocycles. The molecule has 0 aliphatic carbocycles. The molecule has 0 fully saturated rings. The molecule has 20 heavy (non-hydrogen) atoms. The molecule has 1 aromatic carbocycles. The van der Waals surface area contributed by atoms with Gasteiger partial charge in [0.2, 0.25) is 0 Å². The number of hydrogen-bond acceptors (Lipinski definition) is 3. The van der Waals surface area contributed by atoms with E-state index in [1.807, 2.05) is 0 Å². The highest BCUT2D eigenvalue weighted by molar-refractivity contribution is 5.94. The van der Waals surface area contributed by atoms with E-state index in [9.17, 15) is 9.59 Å². The third-order valence-corrected chi connectivity index (χ3v) is 2.65. The zero-order chi connectivity index (χ0) is 15.0. The van der Waals surface area contributed by atoms with Crippen LogP contribution in [0.4, 0.5) is 0 Å². The lowest BCUT2D eigenvalue weighted by Crippen LogP contribution is -2.35. The highest BCUT2D eigenvalue weighted by Crippen LogP contribution is 2.13. The third kappa shape index (κ3) is 4.72. The van der Waals surface area contributed by atoms with E-state index in [1.54, 1.807) is 41.3 Å². The van der Waals surface area contributed by atoms with Crippen LogP contribution in [0.15, 0.2) is 49.6 Å². The zero-order valence-corrected chi connectivity index (χ0v) is 11.7. The Kier molecular flexibility index (Phi) is 6.23. The van der Waals surface area contributed by atoms with Crippen molar-refractivity contribution in [2.45, 2.75) is 6.92 Å². The molecule has 0 unspecified atom stereocenters. The molecule has 4 nitrogen and oxygen atoms in total. The third-order valence-electron chi connectivity index (χ3n) is 2.65. The summed E-state index contributed by atoms with van der Waals surface area (Å²) in [4.78, 5) is 24.8. The lowest BCUT2D eigenvalue weighted by molar-refractivity contribution is -0.132. The first-order valence-electron chi connectivity index (χ1n) is 6.32. The van der Waals surface area contributed by atoms with Crippen LogP contribution in [0.25, 0.3) is 0 Å². The summed E-state index contributed by atoms with van der Waals surface area (Å²) in [5.41, 5.74) is 0.559. The van der Waals surface area contributed by atoms with Crippen LogP contribution < -0.4 is 4.74 Å². The predicted octanol–water partition coefficient (Wildman–Crippen LogP) is 2.47. The summed E-state index contributed by atoms with van der Waals surface area (Å²) < 4.78 is 5.42. The van der Waals surface area contributed by atoms with Crippen LogP contribution in [0, 0.1) is 0 Å². The summed E-state index contributed by atoms with van der Waals surface area (Å²) in [6, 6.07) is 6.77. The second-order valence-electron chi connectivity index (χ2n) is 4.25. The Morgan fingerprint density at radius 1 is 1.25 bits per heavy atom. The Balaban J connectivity index is 2.63. The molecular weight excluding hydrogens is 254 g/mol. The maximum absolute atomic E-state index is 12.0. The van der Waals surface area contributed by atoms with Gasteiger partial charge in [0.05, 0.1) is 0 Å². The van der Waals surface area contributed by atoms with Crippen LogP contribution in [0.3, 0.4) is 0 Å². The van der Waals surface area contributed by atoms with E-state index < -0.39 is 0 Å². The van der Waals surface area contributed by atoms with Gasteiger partial charge in [-0.1, -0.05) is 24.3 Å². The highest BCUT2D eigenvalue weighted by Gasteiger charge is 2.11. The van der Waals surface area contributed by atoms with Crippen molar-refractivity contribution in [3.05, 3.63) is 55.1 Å². The first-order valence-corrected chi connectivity index (χ1v) is 6.32. The second-order valence-corrected chi connectivity index (χ2v) is 4.25. The summed E-state index contributed by atoms with van der Waals surface area (Å²) in [5.74, 6) is 0.308. The van der Waals surface area contributed by atoms with Crippen LogP contribution in [0.5, 0.6) is 5.75 Å². The number of ether oxygens (including phenoxy) is 1. The lowest BCUT2D eigenvalue weighted by Gasteiger charge is -2.19. The molecule has 1 rings (SSSR count). The minimum atomic E-state index is -0.155. The fraction of sp³-hybridized carbons (Fsp3) is 0.250. The van der Waals surface area contributed by atoms with Gasteiger partial charge in [-0.15, -0.1) is 13.2 Å². The number of amides is 1. The molecule has 4 heteroatoms. The summed E-state index contributed by atoms with van der Waals surface area (Å²) in [7, 11) is 0. The molecule has 0 spiro atoms. The van der Waals surface area contributed by atoms with Gasteiger partial charge in [-0.25, -0.2) is 0 Å². The van der Waals surface area contributed by atoms with E-state index in [-0.39, 0.29) is 18.3 Å². The van der Waals surface area contributed by atoms with Gasteiger partial charge in [0.25, 0.3) is 5.91 Å². The Morgan fingerprint density at radius 3 is 2.45 bits per heavy atom. The van der Waals surface area contributed by atoms with Crippen molar-refractivity contribution in [1.29, 1.82) is 0 Å². The Morgan fingerprint density at radius 2 is 1.90 bits per heavy atom. The summed E-state index contributed by atoms with van der Waals surface area (Å²) >= 11 is 0. The van der Waals surface area contributed by atoms with Gasteiger partial charge in [-0.2, -0.15) is 0 Å². The summed E-state index contributed by atoms with van der Waals surface area (Å²) in [6.45, 7) is 9.51. The molecule has 106 valence electrons. The van der Waals surface area contributed by atoms with Gasteiger partial charge in [-0.3, -0.25) is 9.59 Å². The van der Waals surface area contributed by atoms with Crippen molar-refractivity contribution >= 4 is 11.7 Å². The fourth-order valence-electron chi connectivity index (χ4n) is 1.63. The van der Waals surface area contributed by atoms with Crippen LogP contribution in [-0.2, 0) is 4.79 Å². The molecule has 0 N–H and O–H groups in total. The van der Waals surface area contributed by atoms with Gasteiger partial charge in [0.15, 0.2) is 12.4 Å². The normalized spacial score (nSPS) is 9.65. The molecule has 0 atom stereocenters. The number of nitrogens with zero attached hydrogens (tertiary/aromatic N) is 1. The molecule has 1 amide bonds. The minimum absolute atomic E-state index is 0.0401. The standard InChI is InChI=1S/C16H19NO3/c1-4-9-17(10-5-2)16(19)12-20-15-8-6-7-14(11-15)13(3)18/h4-8,11H,1-2,9-10,12H2,3H3. The van der Waals surface area contributed by atoms with Gasteiger partial charge in [0.1, 0.15) is 5.75 Å². The second kappa shape index (κ2) is 7.94.